The van der Waals surface area contributed by atoms with Crippen molar-refractivity contribution in [3.63, 3.8) is 0 Å². The minimum Gasteiger partial charge on any atom is -0.389 e. The van der Waals surface area contributed by atoms with Crippen molar-refractivity contribution in [2.45, 2.75) is 13.0 Å². The summed E-state index contributed by atoms with van der Waals surface area (Å²) >= 11 is 7.05. The lowest BCUT2D eigenvalue weighted by atomic mass is 10.1. The Balaban J connectivity index is 2.41. The van der Waals surface area contributed by atoms with E-state index in [9.17, 15) is 9.90 Å². The molecule has 0 radical (unpaired) electrons. The highest BCUT2D eigenvalue weighted by Gasteiger charge is 2.19. The van der Waals surface area contributed by atoms with Crippen molar-refractivity contribution in [3.8, 4) is 0 Å². The van der Waals surface area contributed by atoms with Gasteiger partial charge in [0.15, 0.2) is 0 Å². The van der Waals surface area contributed by atoms with E-state index in [0.29, 0.717) is 14.8 Å². The molecule has 0 saturated carbocycles. The van der Waals surface area contributed by atoms with E-state index in [1.165, 1.54) is 12.5 Å². The molecule has 0 amide bonds. The van der Waals surface area contributed by atoms with Crippen LogP contribution in [0.3, 0.4) is 0 Å². The summed E-state index contributed by atoms with van der Waals surface area (Å²) in [6.45, 7) is 1.59. The molecule has 18 heavy (non-hydrogen) atoms. The van der Waals surface area contributed by atoms with Crippen molar-refractivity contribution in [3.05, 3.63) is 38.9 Å². The van der Waals surface area contributed by atoms with Gasteiger partial charge in [-0.3, -0.25) is 4.79 Å². The number of aromatic nitrogens is 2. The van der Waals surface area contributed by atoms with Gasteiger partial charge in [0, 0.05) is 11.8 Å². The molecule has 2 aromatic rings. The normalized spacial score (nSPS) is 12.4. The van der Waals surface area contributed by atoms with Crippen molar-refractivity contribution in [1.82, 2.24) is 9.97 Å². The minimum absolute atomic E-state index is 0.123. The number of carbonyl (C=O) groups excluding carboxylic acids is 1. The number of nitrogen functional groups attached to an aromatic ring is 1. The monoisotopic (exact) mass is 283 g/mol. The van der Waals surface area contributed by atoms with Crippen LogP contribution in [0.1, 0.15) is 33.8 Å². The molecule has 0 bridgehead atoms. The van der Waals surface area contributed by atoms with Crippen LogP contribution in [0.4, 0.5) is 5.82 Å². The highest BCUT2D eigenvalue weighted by molar-refractivity contribution is 7.18. The second-order valence-electron chi connectivity index (χ2n) is 3.67. The maximum atomic E-state index is 12.2. The van der Waals surface area contributed by atoms with E-state index in [2.05, 4.69) is 9.97 Å². The number of hydrogen-bond acceptors (Lipinski definition) is 6. The van der Waals surface area contributed by atoms with Crippen molar-refractivity contribution in [1.29, 1.82) is 0 Å². The first kappa shape index (κ1) is 12.9. The van der Waals surface area contributed by atoms with Gasteiger partial charge in [0.2, 0.25) is 5.78 Å². The number of nitrogens with two attached hydrogens (primary N) is 1. The number of carbonyl (C=O) groups is 1. The van der Waals surface area contributed by atoms with Gasteiger partial charge in [0.1, 0.15) is 12.1 Å². The van der Waals surface area contributed by atoms with E-state index in [4.69, 9.17) is 17.3 Å². The van der Waals surface area contributed by atoms with Gasteiger partial charge in [-0.25, -0.2) is 9.97 Å². The average Bonchev–Trinajstić information content (AvgIpc) is 2.71. The zero-order valence-electron chi connectivity index (χ0n) is 9.42. The number of hydrogen-bond donors (Lipinski definition) is 2. The Labute approximate surface area is 112 Å². The molecule has 7 heteroatoms. The van der Waals surface area contributed by atoms with Gasteiger partial charge in [-0.15, -0.1) is 11.3 Å². The number of halogens is 1. The van der Waals surface area contributed by atoms with Crippen LogP contribution in [0.2, 0.25) is 4.34 Å². The molecular weight excluding hydrogens is 274 g/mol. The second kappa shape index (κ2) is 5.01. The Kier molecular flexibility index (Phi) is 3.60. The van der Waals surface area contributed by atoms with Crippen molar-refractivity contribution < 1.29 is 9.90 Å². The van der Waals surface area contributed by atoms with Crippen molar-refractivity contribution in [2.24, 2.45) is 0 Å². The van der Waals surface area contributed by atoms with E-state index in [1.54, 1.807) is 13.0 Å². The molecule has 0 aromatic carbocycles. The van der Waals surface area contributed by atoms with Crippen molar-refractivity contribution in [2.75, 3.05) is 5.73 Å². The number of ketones is 1. The van der Waals surface area contributed by atoms with E-state index in [-0.39, 0.29) is 17.2 Å². The molecule has 0 aliphatic heterocycles. The molecule has 0 saturated heterocycles. The standard InChI is InChI=1S/C11H10ClN3O2S/c1-5(16)6-2-8(18-10(6)12)9(17)7-3-14-4-15-11(7)13/h2-5,16H,1H3,(H2,13,14,15). The number of anilines is 1. The number of rotatable bonds is 3. The zero-order chi connectivity index (χ0) is 13.3. The number of aliphatic hydroxyl groups is 1. The molecule has 0 fully saturated rings. The molecule has 0 aliphatic rings. The summed E-state index contributed by atoms with van der Waals surface area (Å²) in [5.74, 6) is -0.176. The maximum Gasteiger partial charge on any atom is 0.208 e. The molecule has 3 N–H and O–H groups in total. The van der Waals surface area contributed by atoms with Crippen LogP contribution in [-0.4, -0.2) is 20.9 Å². The number of thiophene rings is 1. The molecule has 2 rings (SSSR count). The Morgan fingerprint density at radius 2 is 2.33 bits per heavy atom. The van der Waals surface area contributed by atoms with E-state index < -0.39 is 6.10 Å². The topological polar surface area (TPSA) is 89.1 Å². The summed E-state index contributed by atoms with van der Waals surface area (Å²) in [6.07, 6.45) is 1.91. The molecule has 2 heterocycles. The van der Waals surface area contributed by atoms with Crippen LogP contribution in [0, 0.1) is 0 Å². The first-order valence-corrected chi connectivity index (χ1v) is 6.27. The van der Waals surface area contributed by atoms with E-state index in [1.807, 2.05) is 0 Å². The zero-order valence-corrected chi connectivity index (χ0v) is 11.0. The largest absolute Gasteiger partial charge is 0.389 e. The quantitative estimate of drug-likeness (QED) is 0.842. The molecule has 0 aliphatic carbocycles. The van der Waals surface area contributed by atoms with Crippen LogP contribution < -0.4 is 5.73 Å². The minimum atomic E-state index is -0.723. The Morgan fingerprint density at radius 3 is 2.89 bits per heavy atom. The van der Waals surface area contributed by atoms with Crippen LogP contribution >= 0.6 is 22.9 Å². The third-order valence-electron chi connectivity index (χ3n) is 2.37. The fraction of sp³-hybridized carbons (Fsp3) is 0.182. The van der Waals surface area contributed by atoms with Gasteiger partial charge in [0.05, 0.1) is 20.9 Å². The summed E-state index contributed by atoms with van der Waals surface area (Å²) in [5.41, 5.74) is 6.37. The fourth-order valence-electron chi connectivity index (χ4n) is 1.43. The van der Waals surface area contributed by atoms with Crippen LogP contribution in [0.15, 0.2) is 18.6 Å². The lowest BCUT2D eigenvalue weighted by Crippen LogP contribution is -2.06. The van der Waals surface area contributed by atoms with Crippen LogP contribution in [0.25, 0.3) is 0 Å². The van der Waals surface area contributed by atoms with Gasteiger partial charge in [-0.1, -0.05) is 11.6 Å². The highest BCUT2D eigenvalue weighted by atomic mass is 35.5. The van der Waals surface area contributed by atoms with Gasteiger partial charge < -0.3 is 10.8 Å². The van der Waals surface area contributed by atoms with Gasteiger partial charge in [0.25, 0.3) is 0 Å². The SMILES string of the molecule is CC(O)c1cc(C(=O)c2cncnc2N)sc1Cl. The third-order valence-corrected chi connectivity index (χ3v) is 3.76. The Bertz CT molecular complexity index is 598. The maximum absolute atomic E-state index is 12.2. The summed E-state index contributed by atoms with van der Waals surface area (Å²) in [6, 6.07) is 1.56. The highest BCUT2D eigenvalue weighted by Crippen LogP contribution is 2.33. The van der Waals surface area contributed by atoms with E-state index >= 15 is 0 Å². The lowest BCUT2D eigenvalue weighted by Gasteiger charge is -2.00. The predicted octanol–water partition coefficient (Wildman–Crippen LogP) is 2.06. The van der Waals surface area contributed by atoms with Gasteiger partial charge >= 0.3 is 0 Å². The molecular formula is C11H10ClN3O2S. The summed E-state index contributed by atoms with van der Waals surface area (Å²) < 4.78 is 0.392. The lowest BCUT2D eigenvalue weighted by molar-refractivity contribution is 0.104. The molecule has 1 unspecified atom stereocenters. The Hall–Kier alpha value is -1.50. The Morgan fingerprint density at radius 1 is 1.61 bits per heavy atom. The second-order valence-corrected chi connectivity index (χ2v) is 5.32. The molecule has 1 atom stereocenters. The molecule has 94 valence electrons. The number of aliphatic hydroxyl groups excluding tert-OH is 1. The first-order chi connectivity index (χ1) is 8.50. The van der Waals surface area contributed by atoms with E-state index in [0.717, 1.165) is 11.3 Å². The molecule has 5 nitrogen and oxygen atoms in total. The predicted molar refractivity (Wildman–Crippen MR) is 69.8 cm³/mol. The summed E-state index contributed by atoms with van der Waals surface area (Å²) in [4.78, 5) is 20.1. The third kappa shape index (κ3) is 2.35. The summed E-state index contributed by atoms with van der Waals surface area (Å²) in [7, 11) is 0. The van der Waals surface area contributed by atoms with Crippen LogP contribution in [0.5, 0.6) is 0 Å². The van der Waals surface area contributed by atoms with Gasteiger partial charge in [-0.2, -0.15) is 0 Å². The molecule has 2 aromatic heterocycles. The fourth-order valence-corrected chi connectivity index (χ4v) is 2.82. The smallest absolute Gasteiger partial charge is 0.208 e. The molecule has 0 spiro atoms. The van der Waals surface area contributed by atoms with Gasteiger partial charge in [-0.05, 0) is 13.0 Å². The van der Waals surface area contributed by atoms with Crippen LogP contribution in [-0.2, 0) is 0 Å². The average molecular weight is 284 g/mol. The number of nitrogens with zero attached hydrogens (tertiary/aromatic N) is 2. The summed E-state index contributed by atoms with van der Waals surface area (Å²) in [5, 5.41) is 9.49. The van der Waals surface area contributed by atoms with Crippen molar-refractivity contribution >= 4 is 34.5 Å². The first-order valence-electron chi connectivity index (χ1n) is 5.08.